The average molecular weight is 923 g/mol. The van der Waals surface area contributed by atoms with E-state index in [0.29, 0.717) is 17.1 Å². The van der Waals surface area contributed by atoms with Gasteiger partial charge in [-0.1, -0.05) is 74.8 Å². The van der Waals surface area contributed by atoms with Crippen LogP contribution in [0.15, 0.2) is 166 Å². The number of carbonyl (C=O) groups excluding carboxylic acids is 6. The van der Waals surface area contributed by atoms with Crippen LogP contribution in [-0.2, 0) is 44.7 Å². The summed E-state index contributed by atoms with van der Waals surface area (Å²) in [6, 6.07) is 32.5. The first-order valence-electron chi connectivity index (χ1n) is 20.9. The highest BCUT2D eigenvalue weighted by molar-refractivity contribution is 5.92. The summed E-state index contributed by atoms with van der Waals surface area (Å²) >= 11 is 0. The lowest BCUT2D eigenvalue weighted by Crippen LogP contribution is -2.34. The summed E-state index contributed by atoms with van der Waals surface area (Å²) in [5.41, 5.74) is 11.9. The van der Waals surface area contributed by atoms with Crippen molar-refractivity contribution >= 4 is 35.8 Å². The van der Waals surface area contributed by atoms with Crippen LogP contribution < -0.4 is 29.8 Å². The van der Waals surface area contributed by atoms with E-state index in [-0.39, 0.29) is 61.6 Å². The predicted molar refractivity (Wildman–Crippen MR) is 246 cm³/mol. The van der Waals surface area contributed by atoms with E-state index in [1.807, 2.05) is 24.3 Å². The summed E-state index contributed by atoms with van der Waals surface area (Å²) < 4.78 is 43.5. The first-order chi connectivity index (χ1) is 33.0. The molecule has 5 aromatic rings. The molecule has 0 spiro atoms. The molecule has 0 heterocycles. The second-order valence-corrected chi connectivity index (χ2v) is 14.5. The van der Waals surface area contributed by atoms with E-state index < -0.39 is 48.0 Å². The quantitative estimate of drug-likeness (QED) is 0.0213. The Kier molecular flexibility index (Phi) is 17.3. The summed E-state index contributed by atoms with van der Waals surface area (Å²) in [5, 5.41) is 0. The largest absolute Gasteiger partial charge is 0.490 e. The highest BCUT2D eigenvalue weighted by atomic mass is 16.6. The van der Waals surface area contributed by atoms with Crippen LogP contribution in [0.25, 0.3) is 11.1 Å². The lowest BCUT2D eigenvalue weighted by molar-refractivity contribution is -0.154. The van der Waals surface area contributed by atoms with Gasteiger partial charge in [0.1, 0.15) is 49.4 Å². The third-order valence-electron chi connectivity index (χ3n) is 9.91. The van der Waals surface area contributed by atoms with E-state index in [1.54, 1.807) is 6.07 Å². The minimum Gasteiger partial charge on any atom is -0.490 e. The van der Waals surface area contributed by atoms with Gasteiger partial charge in [-0.3, -0.25) is 5.43 Å². The normalized spacial score (nSPS) is 12.1. The summed E-state index contributed by atoms with van der Waals surface area (Å²) in [7, 11) is 0. The first-order valence-corrected chi connectivity index (χ1v) is 20.9. The molecule has 16 heteroatoms. The summed E-state index contributed by atoms with van der Waals surface area (Å²) in [5.74, 6) is -3.30. The molecule has 16 nitrogen and oxygen atoms in total. The Morgan fingerprint density at radius 2 is 0.956 bits per heavy atom. The average Bonchev–Trinajstić information content (AvgIpc) is 3.69. The number of fused-ring (bicyclic) bond motifs is 3. The molecule has 1 aliphatic carbocycles. The van der Waals surface area contributed by atoms with Crippen molar-refractivity contribution in [2.75, 3.05) is 26.4 Å². The fraction of sp³-hybridized carbons (Fsp3) is 0.154. The van der Waals surface area contributed by atoms with Crippen molar-refractivity contribution in [3.8, 4) is 34.1 Å². The lowest BCUT2D eigenvalue weighted by atomic mass is 10.1. The van der Waals surface area contributed by atoms with Crippen LogP contribution in [0.4, 0.5) is 0 Å². The topological polar surface area (TPSA) is 200 Å². The number of nitrogens with one attached hydrogen (secondary N) is 2. The molecule has 2 N–H and O–H groups in total. The van der Waals surface area contributed by atoms with Crippen molar-refractivity contribution in [1.29, 1.82) is 0 Å². The highest BCUT2D eigenvalue weighted by Crippen LogP contribution is 2.42. The molecule has 5 aromatic carbocycles. The number of esters is 6. The maximum atomic E-state index is 13.6. The minimum atomic E-state index is -0.956. The molecule has 0 fully saturated rings. The van der Waals surface area contributed by atoms with Gasteiger partial charge in [0.25, 0.3) is 0 Å². The molecule has 0 amide bonds. The molecule has 0 aliphatic heterocycles. The van der Waals surface area contributed by atoms with Gasteiger partial charge in [0, 0.05) is 36.4 Å². The highest BCUT2D eigenvalue weighted by Gasteiger charge is 2.28. The molecule has 0 saturated carbocycles. The van der Waals surface area contributed by atoms with Crippen molar-refractivity contribution in [2.45, 2.75) is 24.8 Å². The van der Waals surface area contributed by atoms with E-state index in [4.69, 9.17) is 37.9 Å². The molecule has 1 aliphatic rings. The van der Waals surface area contributed by atoms with E-state index >= 15 is 0 Å². The third kappa shape index (κ3) is 13.5. The van der Waals surface area contributed by atoms with Gasteiger partial charge in [-0.2, -0.15) is 0 Å². The van der Waals surface area contributed by atoms with E-state index in [0.717, 1.165) is 46.6 Å². The smallest absolute Gasteiger partial charge is 0.343 e. The van der Waals surface area contributed by atoms with Gasteiger partial charge in [-0.25, -0.2) is 34.2 Å². The van der Waals surface area contributed by atoms with Crippen molar-refractivity contribution in [2.24, 2.45) is 0 Å². The molecular formula is C52H46N2O14. The van der Waals surface area contributed by atoms with Gasteiger partial charge >= 0.3 is 35.8 Å². The van der Waals surface area contributed by atoms with Crippen LogP contribution in [0, 0.1) is 0 Å². The SMILES string of the molecule is C=CC(=O)OCC(COc1ccc(C(=O)Oc2ccc(OC(=O)c3ccc(OCC(COC(=O)C=C)OC(=O)C=C)cc3)c(CNNC3c4ccccc4-c4ccccc43)c2)cc1)OC(=O)C=C. The van der Waals surface area contributed by atoms with Crippen LogP contribution in [-0.4, -0.2) is 74.5 Å². The molecule has 0 radical (unpaired) electrons. The van der Waals surface area contributed by atoms with Gasteiger partial charge in [0.05, 0.1) is 17.2 Å². The summed E-state index contributed by atoms with van der Waals surface area (Å²) in [6.07, 6.45) is 1.98. The fourth-order valence-electron chi connectivity index (χ4n) is 6.62. The monoisotopic (exact) mass is 922 g/mol. The molecule has 0 aromatic heterocycles. The number of hydrogen-bond acceptors (Lipinski definition) is 16. The van der Waals surface area contributed by atoms with E-state index in [1.165, 1.54) is 60.7 Å². The van der Waals surface area contributed by atoms with E-state index in [9.17, 15) is 28.8 Å². The predicted octanol–water partition coefficient (Wildman–Crippen LogP) is 6.90. The Bertz CT molecular complexity index is 2630. The number of carbonyl (C=O) groups is 6. The summed E-state index contributed by atoms with van der Waals surface area (Å²) in [6.45, 7) is 12.6. The van der Waals surface area contributed by atoms with Gasteiger partial charge in [0.2, 0.25) is 0 Å². The number of benzene rings is 5. The molecule has 2 atom stereocenters. The van der Waals surface area contributed by atoms with Crippen molar-refractivity contribution in [1.82, 2.24) is 10.9 Å². The van der Waals surface area contributed by atoms with Crippen LogP contribution in [0.5, 0.6) is 23.0 Å². The molecule has 68 heavy (non-hydrogen) atoms. The lowest BCUT2D eigenvalue weighted by Gasteiger charge is -2.18. The Morgan fingerprint density at radius 1 is 0.515 bits per heavy atom. The Balaban J connectivity index is 1.14. The molecule has 0 bridgehead atoms. The Hall–Kier alpha value is -8.60. The summed E-state index contributed by atoms with van der Waals surface area (Å²) in [4.78, 5) is 73.7. The zero-order valence-electron chi connectivity index (χ0n) is 36.6. The van der Waals surface area contributed by atoms with Gasteiger partial charge in [0.15, 0.2) is 12.2 Å². The number of rotatable bonds is 24. The standard InChI is InChI=1S/C52H46N2O14/c1-5-46(55)63-31-39(65-48(57)7-3)29-61-36-21-17-33(18-22-36)51(59)67-38-25-26-45(35(27-38)28-53-54-50-43-15-11-9-13-41(43)42-14-10-12-16-44(42)50)68-52(60)34-19-23-37(24-20-34)62-30-40(66-49(58)8-4)32-64-47(56)6-2/h5-27,39-40,50,53-54H,1-4,28-32H2. The molecule has 6 rings (SSSR count). The minimum absolute atomic E-state index is 0.114. The second kappa shape index (κ2) is 24.1. The number of hydrogen-bond donors (Lipinski definition) is 2. The maximum absolute atomic E-state index is 13.6. The number of ether oxygens (including phenoxy) is 8. The Morgan fingerprint density at radius 3 is 1.43 bits per heavy atom. The van der Waals surface area contributed by atoms with Gasteiger partial charge in [-0.05, 0) is 89.0 Å². The van der Waals surface area contributed by atoms with Crippen molar-refractivity contribution in [3.63, 3.8) is 0 Å². The van der Waals surface area contributed by atoms with Crippen LogP contribution in [0.2, 0.25) is 0 Å². The zero-order chi connectivity index (χ0) is 48.4. The van der Waals surface area contributed by atoms with Gasteiger partial charge < -0.3 is 37.9 Å². The Labute approximate surface area is 391 Å². The molecule has 2 unspecified atom stereocenters. The van der Waals surface area contributed by atoms with Crippen molar-refractivity contribution in [3.05, 3.63) is 194 Å². The zero-order valence-corrected chi connectivity index (χ0v) is 36.6. The first kappa shape index (κ1) is 48.8. The maximum Gasteiger partial charge on any atom is 0.343 e. The fourth-order valence-corrected chi connectivity index (χ4v) is 6.62. The van der Waals surface area contributed by atoms with Gasteiger partial charge in [-0.15, -0.1) is 0 Å². The number of hydrazine groups is 1. The van der Waals surface area contributed by atoms with Crippen molar-refractivity contribution < 1.29 is 66.7 Å². The molecule has 0 saturated heterocycles. The van der Waals surface area contributed by atoms with Crippen LogP contribution in [0.1, 0.15) is 43.4 Å². The molecular weight excluding hydrogens is 877 g/mol. The van der Waals surface area contributed by atoms with Crippen LogP contribution in [0.3, 0.4) is 0 Å². The third-order valence-corrected chi connectivity index (χ3v) is 9.91. The molecule has 348 valence electrons. The second-order valence-electron chi connectivity index (χ2n) is 14.5. The van der Waals surface area contributed by atoms with Crippen LogP contribution >= 0.6 is 0 Å². The van der Waals surface area contributed by atoms with E-state index in [2.05, 4.69) is 61.4 Å².